The van der Waals surface area contributed by atoms with Crippen molar-refractivity contribution < 1.29 is 4.79 Å². The van der Waals surface area contributed by atoms with Crippen LogP contribution in [0.4, 0.5) is 0 Å². The third kappa shape index (κ3) is 3.94. The van der Waals surface area contributed by atoms with Crippen LogP contribution in [0.5, 0.6) is 0 Å². The number of carbonyl (C=O) groups is 1. The first-order chi connectivity index (χ1) is 9.20. The first kappa shape index (κ1) is 14.3. The Morgan fingerprint density at radius 1 is 1.47 bits per heavy atom. The average Bonchev–Trinajstić information content (AvgIpc) is 2.81. The summed E-state index contributed by atoms with van der Waals surface area (Å²) >= 11 is 3.40. The molecule has 1 amide bonds. The van der Waals surface area contributed by atoms with Crippen LogP contribution in [0.2, 0.25) is 0 Å². The highest BCUT2D eigenvalue weighted by Crippen LogP contribution is 2.21. The fraction of sp³-hybridized carbons (Fsp3) is 0.429. The van der Waals surface area contributed by atoms with Gasteiger partial charge in [-0.2, -0.15) is 11.8 Å². The Balaban J connectivity index is 1.84. The van der Waals surface area contributed by atoms with E-state index in [1.54, 1.807) is 23.1 Å². The number of nitrogens with one attached hydrogen (secondary N) is 1. The molecule has 1 N–H and O–H groups in total. The van der Waals surface area contributed by atoms with E-state index in [1.807, 2.05) is 31.4 Å². The van der Waals surface area contributed by atoms with Crippen LogP contribution in [-0.4, -0.2) is 29.4 Å². The number of thiazole rings is 1. The van der Waals surface area contributed by atoms with Gasteiger partial charge in [0, 0.05) is 24.6 Å². The van der Waals surface area contributed by atoms with Crippen LogP contribution in [0.3, 0.4) is 0 Å². The number of rotatable bonds is 6. The van der Waals surface area contributed by atoms with Gasteiger partial charge in [-0.3, -0.25) is 4.79 Å². The molecule has 5 heteroatoms. The topological polar surface area (TPSA) is 42.0 Å². The lowest BCUT2D eigenvalue weighted by Crippen LogP contribution is -2.31. The number of thioether (sulfide) groups is 1. The van der Waals surface area contributed by atoms with Gasteiger partial charge < -0.3 is 5.32 Å². The summed E-state index contributed by atoms with van der Waals surface area (Å²) in [6.07, 6.45) is 2.82. The van der Waals surface area contributed by atoms with Gasteiger partial charge in [0.25, 0.3) is 0 Å². The maximum absolute atomic E-state index is 11.8. The predicted molar refractivity (Wildman–Crippen MR) is 83.9 cm³/mol. The van der Waals surface area contributed by atoms with Crippen LogP contribution in [0.25, 0.3) is 10.2 Å². The predicted octanol–water partition coefficient (Wildman–Crippen LogP) is 2.95. The molecule has 2 rings (SSSR count). The molecule has 0 unspecified atom stereocenters. The molecule has 0 fully saturated rings. The zero-order valence-electron chi connectivity index (χ0n) is 11.2. The largest absolute Gasteiger partial charge is 0.355 e. The van der Waals surface area contributed by atoms with E-state index in [0.29, 0.717) is 6.54 Å². The van der Waals surface area contributed by atoms with Gasteiger partial charge in [-0.05, 0) is 18.4 Å². The third-order valence-corrected chi connectivity index (χ3v) is 4.77. The molecule has 19 heavy (non-hydrogen) atoms. The molecule has 102 valence electrons. The van der Waals surface area contributed by atoms with Gasteiger partial charge in [-0.15, -0.1) is 11.3 Å². The molecule has 0 aliphatic heterocycles. The van der Waals surface area contributed by atoms with E-state index >= 15 is 0 Å². The van der Waals surface area contributed by atoms with E-state index in [9.17, 15) is 4.79 Å². The summed E-state index contributed by atoms with van der Waals surface area (Å²) in [5.74, 6) is 1.08. The number of carbonyl (C=O) groups excluding carboxylic acids is 1. The Morgan fingerprint density at radius 2 is 2.26 bits per heavy atom. The lowest BCUT2D eigenvalue weighted by Gasteiger charge is -2.09. The van der Waals surface area contributed by atoms with Crippen molar-refractivity contribution in [1.29, 1.82) is 0 Å². The second kappa shape index (κ2) is 6.91. The number of amides is 1. The first-order valence-corrected chi connectivity index (χ1v) is 8.53. The van der Waals surface area contributed by atoms with Crippen LogP contribution >= 0.6 is 23.1 Å². The second-order valence-corrected chi connectivity index (χ2v) is 6.50. The molecule has 3 nitrogen and oxygen atoms in total. The van der Waals surface area contributed by atoms with Gasteiger partial charge in [0.15, 0.2) is 0 Å². The van der Waals surface area contributed by atoms with Gasteiger partial charge in [0.1, 0.15) is 0 Å². The van der Waals surface area contributed by atoms with Crippen molar-refractivity contribution in [2.24, 2.45) is 5.92 Å². The molecule has 2 aromatic rings. The van der Waals surface area contributed by atoms with E-state index in [0.717, 1.165) is 22.7 Å². The Hall–Kier alpha value is -1.07. The highest BCUT2D eigenvalue weighted by atomic mass is 32.2. The minimum atomic E-state index is 0.0744. The third-order valence-electron chi connectivity index (χ3n) is 2.84. The quantitative estimate of drug-likeness (QED) is 0.890. The molecule has 0 saturated heterocycles. The fourth-order valence-electron chi connectivity index (χ4n) is 1.82. The number of fused-ring (bicyclic) bond motifs is 1. The van der Waals surface area contributed by atoms with Crippen molar-refractivity contribution in [2.75, 3.05) is 18.6 Å². The molecule has 1 aromatic heterocycles. The minimum absolute atomic E-state index is 0.0744. The van der Waals surface area contributed by atoms with E-state index in [2.05, 4.69) is 16.4 Å². The molecule has 0 aliphatic rings. The number of hydrogen-bond donors (Lipinski definition) is 1. The molecular formula is C14H18N2OS2. The highest BCUT2D eigenvalue weighted by Gasteiger charge is 2.11. The zero-order chi connectivity index (χ0) is 13.7. The summed E-state index contributed by atoms with van der Waals surface area (Å²) in [5.41, 5.74) is 1.05. The molecule has 1 atom stereocenters. The van der Waals surface area contributed by atoms with Gasteiger partial charge in [0.2, 0.25) is 5.91 Å². The van der Waals surface area contributed by atoms with E-state index in [1.165, 1.54) is 4.70 Å². The summed E-state index contributed by atoms with van der Waals surface area (Å²) < 4.78 is 1.21. The highest BCUT2D eigenvalue weighted by molar-refractivity contribution is 7.98. The Labute approximate surface area is 121 Å². The van der Waals surface area contributed by atoms with Crippen LogP contribution in [-0.2, 0) is 11.2 Å². The summed E-state index contributed by atoms with van der Waals surface area (Å²) in [6.45, 7) is 2.63. The summed E-state index contributed by atoms with van der Waals surface area (Å²) in [7, 11) is 0. The molecule has 1 aromatic carbocycles. The number of benzene rings is 1. The van der Waals surface area contributed by atoms with Gasteiger partial charge >= 0.3 is 0 Å². The van der Waals surface area contributed by atoms with Crippen LogP contribution < -0.4 is 5.32 Å². The van der Waals surface area contributed by atoms with Gasteiger partial charge in [-0.1, -0.05) is 19.1 Å². The summed E-state index contributed by atoms with van der Waals surface area (Å²) in [4.78, 5) is 16.3. The van der Waals surface area contributed by atoms with Crippen LogP contribution in [0, 0.1) is 5.92 Å². The smallest absolute Gasteiger partial charge is 0.223 e. The summed E-state index contributed by atoms with van der Waals surface area (Å²) in [6, 6.07) is 8.12. The van der Waals surface area contributed by atoms with Crippen molar-refractivity contribution >= 4 is 39.2 Å². The molecule has 1 heterocycles. The second-order valence-electron chi connectivity index (χ2n) is 4.47. The molecule has 0 saturated carbocycles. The average molecular weight is 294 g/mol. The molecule has 0 bridgehead atoms. The van der Waals surface area contributed by atoms with E-state index in [4.69, 9.17) is 0 Å². The molecular weight excluding hydrogens is 276 g/mol. The van der Waals surface area contributed by atoms with Gasteiger partial charge in [-0.25, -0.2) is 4.98 Å². The van der Waals surface area contributed by atoms with Crippen molar-refractivity contribution in [3.05, 3.63) is 29.3 Å². The lowest BCUT2D eigenvalue weighted by atomic mass is 10.2. The minimum Gasteiger partial charge on any atom is -0.355 e. The summed E-state index contributed by atoms with van der Waals surface area (Å²) in [5, 5.41) is 4.06. The number of nitrogens with zero attached hydrogens (tertiary/aromatic N) is 1. The van der Waals surface area contributed by atoms with Crippen molar-refractivity contribution in [2.45, 2.75) is 13.3 Å². The number of para-hydroxylation sites is 1. The normalized spacial score (nSPS) is 12.5. The molecule has 0 aliphatic carbocycles. The van der Waals surface area contributed by atoms with Crippen molar-refractivity contribution in [1.82, 2.24) is 10.3 Å². The number of hydrogen-bond acceptors (Lipinski definition) is 4. The molecule has 0 spiro atoms. The SMILES string of the molecule is CSC[C@@H](C)C(=O)NCCc1nc2ccccc2s1. The van der Waals surface area contributed by atoms with Crippen molar-refractivity contribution in [3.8, 4) is 0 Å². The first-order valence-electron chi connectivity index (χ1n) is 6.32. The number of aromatic nitrogens is 1. The monoisotopic (exact) mass is 294 g/mol. The van der Waals surface area contributed by atoms with Crippen LogP contribution in [0.1, 0.15) is 11.9 Å². The fourth-order valence-corrected chi connectivity index (χ4v) is 3.44. The molecule has 0 radical (unpaired) electrons. The van der Waals surface area contributed by atoms with Gasteiger partial charge in [0.05, 0.1) is 15.2 Å². The zero-order valence-corrected chi connectivity index (χ0v) is 12.8. The van der Waals surface area contributed by atoms with E-state index < -0.39 is 0 Å². The maximum atomic E-state index is 11.8. The Morgan fingerprint density at radius 3 is 3.00 bits per heavy atom. The Kier molecular flexibility index (Phi) is 5.22. The van der Waals surface area contributed by atoms with Crippen LogP contribution in [0.15, 0.2) is 24.3 Å². The maximum Gasteiger partial charge on any atom is 0.223 e. The van der Waals surface area contributed by atoms with Crippen molar-refractivity contribution in [3.63, 3.8) is 0 Å². The Bertz CT molecular complexity index is 520. The lowest BCUT2D eigenvalue weighted by molar-refractivity contribution is -0.123. The van der Waals surface area contributed by atoms with E-state index in [-0.39, 0.29) is 11.8 Å². The standard InChI is InChI=1S/C14H18N2OS2/c1-10(9-18-2)14(17)15-8-7-13-16-11-5-3-4-6-12(11)19-13/h3-6,10H,7-9H2,1-2H3,(H,15,17)/t10-/m1/s1.